The van der Waals surface area contributed by atoms with Crippen LogP contribution in [0.2, 0.25) is 0 Å². The first-order valence-corrected chi connectivity index (χ1v) is 15.9. The molecule has 2 heterocycles. The molecule has 0 radical (unpaired) electrons. The molecule has 0 bridgehead atoms. The standard InChI is InChI=1S/C33H43F3N6O4/c1-4-28(43)38-27(31(45)42-16-14-41(3)15-17-42)19-22-11-13-26(25(34)18-22)39-30(44)29(23-8-6-5-7-9-23)40-32(46)33(35,36)24-12-10-21(2)37-20-24/h10-13,18,20,23,27,29H,4-9,14-17,19H2,1-3H3,(H,38,43)(H,39,44)(H,40,46)/t27-,29+/m1/s1. The third-order valence-corrected chi connectivity index (χ3v) is 8.75. The molecule has 2 aliphatic rings. The van der Waals surface area contributed by atoms with Crippen LogP contribution >= 0.6 is 0 Å². The quantitative estimate of drug-likeness (QED) is 0.344. The van der Waals surface area contributed by atoms with Crippen LogP contribution in [0, 0.1) is 18.7 Å². The van der Waals surface area contributed by atoms with Gasteiger partial charge in [-0.25, -0.2) is 4.39 Å². The van der Waals surface area contributed by atoms with Crippen molar-refractivity contribution in [1.29, 1.82) is 0 Å². The number of nitrogens with zero attached hydrogens (tertiary/aromatic N) is 3. The number of likely N-dealkylation sites (N-methyl/N-ethyl adjacent to an activating group) is 1. The molecule has 2 fully saturated rings. The van der Waals surface area contributed by atoms with Crippen molar-refractivity contribution in [3.8, 4) is 0 Å². The van der Waals surface area contributed by atoms with Crippen LogP contribution in [0.3, 0.4) is 0 Å². The molecule has 1 saturated heterocycles. The number of anilines is 1. The highest BCUT2D eigenvalue weighted by atomic mass is 19.3. The highest BCUT2D eigenvalue weighted by Gasteiger charge is 2.44. The Hall–Kier alpha value is -4.00. The summed E-state index contributed by atoms with van der Waals surface area (Å²) in [4.78, 5) is 59.5. The second kappa shape index (κ2) is 15.5. The summed E-state index contributed by atoms with van der Waals surface area (Å²) in [5.41, 5.74) is 0.135. The lowest BCUT2D eigenvalue weighted by atomic mass is 9.83. The average Bonchev–Trinajstić information content (AvgIpc) is 3.04. The van der Waals surface area contributed by atoms with Gasteiger partial charge in [0, 0.05) is 56.5 Å². The molecule has 13 heteroatoms. The first-order chi connectivity index (χ1) is 21.9. The van der Waals surface area contributed by atoms with Crippen LogP contribution in [0.4, 0.5) is 18.9 Å². The molecule has 3 N–H and O–H groups in total. The summed E-state index contributed by atoms with van der Waals surface area (Å²) in [7, 11) is 1.96. The number of hydrogen-bond acceptors (Lipinski definition) is 6. The minimum absolute atomic E-state index is 0.0335. The van der Waals surface area contributed by atoms with Crippen molar-refractivity contribution in [3.05, 3.63) is 59.2 Å². The fourth-order valence-electron chi connectivity index (χ4n) is 5.86. The van der Waals surface area contributed by atoms with Gasteiger partial charge < -0.3 is 25.8 Å². The fourth-order valence-corrected chi connectivity index (χ4v) is 5.86. The minimum Gasteiger partial charge on any atom is -0.344 e. The Balaban J connectivity index is 1.48. The molecule has 10 nitrogen and oxygen atoms in total. The molecule has 1 aromatic carbocycles. The summed E-state index contributed by atoms with van der Waals surface area (Å²) in [5.74, 6) is -8.15. The summed E-state index contributed by atoms with van der Waals surface area (Å²) in [6.07, 6.45) is 4.70. The number of carbonyl (C=O) groups excluding carboxylic acids is 4. The van der Waals surface area contributed by atoms with Crippen molar-refractivity contribution >= 4 is 29.3 Å². The Bertz CT molecular complexity index is 1390. The molecule has 2 atom stereocenters. The Morgan fingerprint density at radius 2 is 1.70 bits per heavy atom. The van der Waals surface area contributed by atoms with Gasteiger partial charge in [-0.15, -0.1) is 0 Å². The van der Waals surface area contributed by atoms with E-state index < -0.39 is 47.1 Å². The van der Waals surface area contributed by atoms with Crippen LogP contribution < -0.4 is 16.0 Å². The molecule has 0 unspecified atom stereocenters. The monoisotopic (exact) mass is 644 g/mol. The van der Waals surface area contributed by atoms with E-state index in [1.165, 1.54) is 24.3 Å². The highest BCUT2D eigenvalue weighted by molar-refractivity contribution is 5.98. The zero-order valence-electron chi connectivity index (χ0n) is 26.6. The number of pyridine rings is 1. The molecule has 0 spiro atoms. The van der Waals surface area contributed by atoms with E-state index in [-0.39, 0.29) is 30.3 Å². The lowest BCUT2D eigenvalue weighted by Gasteiger charge is -2.34. The number of aryl methyl sites for hydroxylation is 1. The lowest BCUT2D eigenvalue weighted by Crippen LogP contribution is -2.54. The predicted octanol–water partition coefficient (Wildman–Crippen LogP) is 3.54. The second-order valence-electron chi connectivity index (χ2n) is 12.2. The fraction of sp³-hybridized carbons (Fsp3) is 0.545. The van der Waals surface area contributed by atoms with Gasteiger partial charge in [-0.3, -0.25) is 24.2 Å². The molecule has 2 aromatic rings. The summed E-state index contributed by atoms with van der Waals surface area (Å²) in [5, 5.41) is 7.47. The van der Waals surface area contributed by atoms with E-state index in [1.54, 1.807) is 18.7 Å². The summed E-state index contributed by atoms with van der Waals surface area (Å²) in [6.45, 7) is 5.74. The number of piperazine rings is 1. The first kappa shape index (κ1) is 34.9. The number of hydrogen-bond donors (Lipinski definition) is 3. The molecule has 1 aliphatic carbocycles. The van der Waals surface area contributed by atoms with E-state index in [1.807, 2.05) is 7.05 Å². The van der Waals surface area contributed by atoms with Gasteiger partial charge in [-0.05, 0) is 62.6 Å². The summed E-state index contributed by atoms with van der Waals surface area (Å²) in [6, 6.07) is 4.31. The Morgan fingerprint density at radius 3 is 2.30 bits per heavy atom. The molecular formula is C33H43F3N6O4. The summed E-state index contributed by atoms with van der Waals surface area (Å²) >= 11 is 0. The van der Waals surface area contributed by atoms with E-state index in [4.69, 9.17) is 0 Å². The van der Waals surface area contributed by atoms with Crippen LogP contribution in [0.25, 0.3) is 0 Å². The number of rotatable bonds is 11. The summed E-state index contributed by atoms with van der Waals surface area (Å²) < 4.78 is 45.6. The van der Waals surface area contributed by atoms with E-state index in [9.17, 15) is 19.2 Å². The van der Waals surface area contributed by atoms with Crippen molar-refractivity contribution in [3.63, 3.8) is 0 Å². The van der Waals surface area contributed by atoms with Gasteiger partial charge in [-0.1, -0.05) is 32.3 Å². The molecule has 46 heavy (non-hydrogen) atoms. The number of aromatic nitrogens is 1. The van der Waals surface area contributed by atoms with Crippen molar-refractivity contribution in [1.82, 2.24) is 25.4 Å². The van der Waals surface area contributed by atoms with E-state index in [0.717, 1.165) is 31.5 Å². The highest BCUT2D eigenvalue weighted by Crippen LogP contribution is 2.31. The molecular weight excluding hydrogens is 601 g/mol. The number of carbonyl (C=O) groups is 4. The molecule has 1 saturated carbocycles. The normalized spacial score (nSPS) is 17.6. The van der Waals surface area contributed by atoms with Crippen LogP contribution in [0.5, 0.6) is 0 Å². The predicted molar refractivity (Wildman–Crippen MR) is 166 cm³/mol. The van der Waals surface area contributed by atoms with Crippen molar-refractivity contribution in [2.45, 2.75) is 76.8 Å². The smallest absolute Gasteiger partial charge is 0.344 e. The molecule has 250 valence electrons. The van der Waals surface area contributed by atoms with Gasteiger partial charge in [0.25, 0.3) is 5.91 Å². The van der Waals surface area contributed by atoms with Gasteiger partial charge in [0.15, 0.2) is 0 Å². The Kier molecular flexibility index (Phi) is 11.8. The van der Waals surface area contributed by atoms with Crippen LogP contribution in [-0.4, -0.2) is 83.7 Å². The lowest BCUT2D eigenvalue weighted by molar-refractivity contribution is -0.149. The number of halogens is 3. The van der Waals surface area contributed by atoms with Gasteiger partial charge in [0.05, 0.1) is 5.69 Å². The van der Waals surface area contributed by atoms with Crippen molar-refractivity contribution < 1.29 is 32.3 Å². The zero-order valence-corrected chi connectivity index (χ0v) is 26.6. The molecule has 1 aliphatic heterocycles. The molecule has 1 aromatic heterocycles. The zero-order chi connectivity index (χ0) is 33.4. The van der Waals surface area contributed by atoms with Crippen molar-refractivity contribution in [2.75, 3.05) is 38.5 Å². The van der Waals surface area contributed by atoms with E-state index in [0.29, 0.717) is 50.3 Å². The van der Waals surface area contributed by atoms with Crippen LogP contribution in [0.15, 0.2) is 36.5 Å². The van der Waals surface area contributed by atoms with Gasteiger partial charge in [0.1, 0.15) is 17.9 Å². The van der Waals surface area contributed by atoms with E-state index in [2.05, 4.69) is 25.8 Å². The van der Waals surface area contributed by atoms with Gasteiger partial charge in [-0.2, -0.15) is 8.78 Å². The maximum absolute atomic E-state index is 15.4. The van der Waals surface area contributed by atoms with Gasteiger partial charge in [0.2, 0.25) is 17.7 Å². The number of amides is 4. The molecule has 4 amide bonds. The maximum Gasteiger partial charge on any atom is 0.351 e. The minimum atomic E-state index is -3.94. The Morgan fingerprint density at radius 1 is 1.00 bits per heavy atom. The first-order valence-electron chi connectivity index (χ1n) is 15.9. The Labute approximate surface area is 267 Å². The largest absolute Gasteiger partial charge is 0.351 e. The van der Waals surface area contributed by atoms with Crippen LogP contribution in [0.1, 0.15) is 62.3 Å². The maximum atomic E-state index is 15.4. The van der Waals surface area contributed by atoms with Gasteiger partial charge >= 0.3 is 5.92 Å². The van der Waals surface area contributed by atoms with E-state index >= 15 is 13.2 Å². The number of nitrogens with one attached hydrogen (secondary N) is 3. The second-order valence-corrected chi connectivity index (χ2v) is 12.2. The SMILES string of the molecule is CCC(=O)N[C@H](Cc1ccc(NC(=O)[C@@H](NC(=O)C(F)(F)c2ccc(C)nc2)C2CCCCC2)c(F)c1)C(=O)N1CCN(C)CC1. The number of benzene rings is 1. The number of alkyl halides is 2. The van der Waals surface area contributed by atoms with Crippen molar-refractivity contribution in [2.24, 2.45) is 5.92 Å². The third-order valence-electron chi connectivity index (χ3n) is 8.75. The topological polar surface area (TPSA) is 124 Å². The average molecular weight is 645 g/mol. The van der Waals surface area contributed by atoms with Crippen LogP contribution in [-0.2, 0) is 31.5 Å². The third kappa shape index (κ3) is 8.83. The molecule has 4 rings (SSSR count).